The van der Waals surface area contributed by atoms with E-state index in [0.29, 0.717) is 17.0 Å². The molecule has 0 aromatic heterocycles. The van der Waals surface area contributed by atoms with Crippen molar-refractivity contribution < 1.29 is 27.2 Å². The van der Waals surface area contributed by atoms with Crippen LogP contribution in [0.2, 0.25) is 0 Å². The summed E-state index contributed by atoms with van der Waals surface area (Å²) in [5, 5.41) is 0. The van der Waals surface area contributed by atoms with Gasteiger partial charge in [0.2, 0.25) is 0 Å². The topological polar surface area (TPSA) is 37.4 Å². The molecule has 0 saturated heterocycles. The van der Waals surface area contributed by atoms with E-state index in [2.05, 4.69) is 0 Å². The second kappa shape index (κ2) is 6.60. The SMILES string of the molecule is CCN(C(=O)c1cc(F)ccc1F)C(=O)c1cc(F)ccc1F. The maximum absolute atomic E-state index is 13.7. The van der Waals surface area contributed by atoms with Crippen LogP contribution in [0, 0.1) is 23.3 Å². The highest BCUT2D eigenvalue weighted by atomic mass is 19.1. The fourth-order valence-corrected chi connectivity index (χ4v) is 1.99. The molecular formula is C16H11F4NO2. The van der Waals surface area contributed by atoms with E-state index in [1.807, 2.05) is 0 Å². The molecule has 0 saturated carbocycles. The van der Waals surface area contributed by atoms with Gasteiger partial charge >= 0.3 is 0 Å². The molecule has 23 heavy (non-hydrogen) atoms. The molecule has 0 heterocycles. The fraction of sp³-hybridized carbons (Fsp3) is 0.125. The summed E-state index contributed by atoms with van der Waals surface area (Å²) >= 11 is 0. The predicted octanol–water partition coefficient (Wildman–Crippen LogP) is 3.55. The van der Waals surface area contributed by atoms with Crippen molar-refractivity contribution in [3.63, 3.8) is 0 Å². The zero-order chi connectivity index (χ0) is 17.1. The van der Waals surface area contributed by atoms with E-state index in [4.69, 9.17) is 0 Å². The molecule has 0 unspecified atom stereocenters. The molecule has 2 amide bonds. The number of carbonyl (C=O) groups is 2. The van der Waals surface area contributed by atoms with Crippen LogP contribution in [-0.2, 0) is 0 Å². The monoisotopic (exact) mass is 325 g/mol. The Labute approximate surface area is 129 Å². The van der Waals surface area contributed by atoms with Crippen LogP contribution < -0.4 is 0 Å². The third-order valence-corrected chi connectivity index (χ3v) is 3.12. The van der Waals surface area contributed by atoms with E-state index in [0.717, 1.165) is 24.3 Å². The maximum Gasteiger partial charge on any atom is 0.263 e. The Morgan fingerprint density at radius 1 is 0.826 bits per heavy atom. The molecule has 2 aromatic carbocycles. The second-order valence-electron chi connectivity index (χ2n) is 4.60. The summed E-state index contributed by atoms with van der Waals surface area (Å²) in [6.45, 7) is 1.16. The molecule has 0 aliphatic carbocycles. The van der Waals surface area contributed by atoms with Gasteiger partial charge in [-0.1, -0.05) is 0 Å². The lowest BCUT2D eigenvalue weighted by Gasteiger charge is -2.19. The lowest BCUT2D eigenvalue weighted by atomic mass is 10.1. The summed E-state index contributed by atoms with van der Waals surface area (Å²) in [7, 11) is 0. The number of hydrogen-bond acceptors (Lipinski definition) is 2. The molecule has 0 fully saturated rings. The zero-order valence-electron chi connectivity index (χ0n) is 11.9. The summed E-state index contributed by atoms with van der Waals surface area (Å²) in [5.41, 5.74) is -1.34. The maximum atomic E-state index is 13.7. The molecule has 0 aliphatic heterocycles. The van der Waals surface area contributed by atoms with E-state index in [9.17, 15) is 27.2 Å². The van der Waals surface area contributed by atoms with E-state index < -0.39 is 46.2 Å². The number of halogens is 4. The molecule has 0 atom stereocenters. The molecule has 0 N–H and O–H groups in total. The van der Waals surface area contributed by atoms with Crippen molar-refractivity contribution in [3.8, 4) is 0 Å². The normalized spacial score (nSPS) is 10.5. The molecule has 2 aromatic rings. The number of imide groups is 1. The molecule has 0 radical (unpaired) electrons. The van der Waals surface area contributed by atoms with Crippen molar-refractivity contribution in [2.45, 2.75) is 6.92 Å². The standard InChI is InChI=1S/C16H11F4NO2/c1-2-21(15(22)11-7-9(17)3-5-13(11)19)16(23)12-8-10(18)4-6-14(12)20/h3-8H,2H2,1H3. The summed E-state index contributed by atoms with van der Waals surface area (Å²) < 4.78 is 53.7. The summed E-state index contributed by atoms with van der Waals surface area (Å²) in [6, 6.07) is 4.38. The number of rotatable bonds is 3. The van der Waals surface area contributed by atoms with E-state index in [1.54, 1.807) is 0 Å². The average Bonchev–Trinajstić information content (AvgIpc) is 2.52. The van der Waals surface area contributed by atoms with Gasteiger partial charge in [-0.05, 0) is 43.3 Å². The van der Waals surface area contributed by atoms with Crippen LogP contribution in [0.15, 0.2) is 36.4 Å². The molecule has 0 aliphatic rings. The molecular weight excluding hydrogens is 314 g/mol. The van der Waals surface area contributed by atoms with Gasteiger partial charge in [0.25, 0.3) is 11.8 Å². The predicted molar refractivity (Wildman–Crippen MR) is 73.8 cm³/mol. The van der Waals surface area contributed by atoms with E-state index in [1.165, 1.54) is 6.92 Å². The van der Waals surface area contributed by atoms with Crippen LogP contribution in [-0.4, -0.2) is 23.3 Å². The van der Waals surface area contributed by atoms with Crippen molar-refractivity contribution in [2.75, 3.05) is 6.54 Å². The summed E-state index contributed by atoms with van der Waals surface area (Å²) in [4.78, 5) is 25.0. The van der Waals surface area contributed by atoms with E-state index >= 15 is 0 Å². The lowest BCUT2D eigenvalue weighted by Crippen LogP contribution is -2.37. The Kier molecular flexibility index (Phi) is 4.78. The Morgan fingerprint density at radius 2 is 1.22 bits per heavy atom. The molecule has 0 bridgehead atoms. The first-order valence-electron chi connectivity index (χ1n) is 6.61. The molecule has 7 heteroatoms. The van der Waals surface area contributed by atoms with Gasteiger partial charge in [0.1, 0.15) is 23.3 Å². The number of amides is 2. The Bertz CT molecular complexity index is 713. The Balaban J connectivity index is 2.42. The minimum atomic E-state index is -1.14. The van der Waals surface area contributed by atoms with E-state index in [-0.39, 0.29) is 6.54 Å². The molecule has 0 spiro atoms. The highest BCUT2D eigenvalue weighted by Gasteiger charge is 2.27. The van der Waals surface area contributed by atoms with Gasteiger partial charge in [0, 0.05) is 6.54 Å². The lowest BCUT2D eigenvalue weighted by molar-refractivity contribution is 0.0619. The van der Waals surface area contributed by atoms with Crippen LogP contribution in [0.3, 0.4) is 0 Å². The highest BCUT2D eigenvalue weighted by Crippen LogP contribution is 2.17. The quantitative estimate of drug-likeness (QED) is 0.639. The zero-order valence-corrected chi connectivity index (χ0v) is 11.9. The van der Waals surface area contributed by atoms with Gasteiger partial charge in [0.15, 0.2) is 0 Å². The minimum Gasteiger partial charge on any atom is -0.274 e. The number of carbonyl (C=O) groups excluding carboxylic acids is 2. The fourth-order valence-electron chi connectivity index (χ4n) is 1.99. The molecule has 2 rings (SSSR count). The van der Waals surface area contributed by atoms with Gasteiger partial charge in [-0.25, -0.2) is 17.6 Å². The van der Waals surface area contributed by atoms with Gasteiger partial charge in [0.05, 0.1) is 11.1 Å². The largest absolute Gasteiger partial charge is 0.274 e. The van der Waals surface area contributed by atoms with Crippen LogP contribution >= 0.6 is 0 Å². The Hall–Kier alpha value is -2.70. The van der Waals surface area contributed by atoms with Crippen molar-refractivity contribution in [3.05, 3.63) is 70.8 Å². The number of hydrogen-bond donors (Lipinski definition) is 0. The number of benzene rings is 2. The smallest absolute Gasteiger partial charge is 0.263 e. The first-order chi connectivity index (χ1) is 10.8. The Morgan fingerprint density at radius 3 is 1.57 bits per heavy atom. The average molecular weight is 325 g/mol. The second-order valence-corrected chi connectivity index (χ2v) is 4.60. The minimum absolute atomic E-state index is 0.233. The van der Waals surface area contributed by atoms with Crippen LogP contribution in [0.5, 0.6) is 0 Å². The first kappa shape index (κ1) is 16.7. The van der Waals surface area contributed by atoms with Crippen molar-refractivity contribution in [2.24, 2.45) is 0 Å². The molecule has 120 valence electrons. The summed E-state index contributed by atoms with van der Waals surface area (Å²) in [6.07, 6.45) is 0. The third kappa shape index (κ3) is 3.39. The number of nitrogens with zero attached hydrogens (tertiary/aromatic N) is 1. The van der Waals surface area contributed by atoms with Crippen LogP contribution in [0.4, 0.5) is 17.6 Å². The van der Waals surface area contributed by atoms with Crippen molar-refractivity contribution >= 4 is 11.8 Å². The van der Waals surface area contributed by atoms with Gasteiger partial charge < -0.3 is 0 Å². The van der Waals surface area contributed by atoms with Crippen molar-refractivity contribution in [1.29, 1.82) is 0 Å². The van der Waals surface area contributed by atoms with Gasteiger partial charge in [-0.3, -0.25) is 14.5 Å². The summed E-state index contributed by atoms with van der Waals surface area (Å²) in [5.74, 6) is -6.06. The van der Waals surface area contributed by atoms with Crippen LogP contribution in [0.25, 0.3) is 0 Å². The van der Waals surface area contributed by atoms with Crippen LogP contribution in [0.1, 0.15) is 27.6 Å². The molecule has 3 nitrogen and oxygen atoms in total. The van der Waals surface area contributed by atoms with Gasteiger partial charge in [-0.15, -0.1) is 0 Å². The highest BCUT2D eigenvalue weighted by molar-refractivity contribution is 6.10. The third-order valence-electron chi connectivity index (χ3n) is 3.12. The van der Waals surface area contributed by atoms with Crippen molar-refractivity contribution in [1.82, 2.24) is 4.90 Å². The van der Waals surface area contributed by atoms with Gasteiger partial charge in [-0.2, -0.15) is 0 Å². The first-order valence-corrected chi connectivity index (χ1v) is 6.61.